The molecule has 1 aliphatic rings. The van der Waals surface area contributed by atoms with Crippen molar-refractivity contribution in [2.24, 2.45) is 5.92 Å². The predicted octanol–water partition coefficient (Wildman–Crippen LogP) is 2.67. The van der Waals surface area contributed by atoms with Crippen molar-refractivity contribution in [1.29, 1.82) is 0 Å². The maximum atomic E-state index is 13.1. The van der Waals surface area contributed by atoms with Gasteiger partial charge < -0.3 is 10.2 Å². The topological polar surface area (TPSA) is 49.4 Å². The second kappa shape index (κ2) is 7.52. The molecule has 122 valence electrons. The van der Waals surface area contributed by atoms with Crippen LogP contribution >= 0.6 is 11.8 Å². The Hall–Kier alpha value is -0.710. The summed E-state index contributed by atoms with van der Waals surface area (Å²) in [6, 6.07) is -0.269. The zero-order chi connectivity index (χ0) is 16.2. The van der Waals surface area contributed by atoms with Crippen LogP contribution in [0.25, 0.3) is 0 Å². The maximum absolute atomic E-state index is 13.1. The van der Waals surface area contributed by atoms with Gasteiger partial charge in [0.15, 0.2) is 0 Å². The van der Waals surface area contributed by atoms with Crippen molar-refractivity contribution >= 4 is 23.6 Å². The molecule has 0 aromatic rings. The molecule has 0 aromatic carbocycles. The largest absolute Gasteiger partial charge is 0.340 e. The summed E-state index contributed by atoms with van der Waals surface area (Å²) < 4.78 is 0. The van der Waals surface area contributed by atoms with Gasteiger partial charge in [0.2, 0.25) is 11.8 Å². The summed E-state index contributed by atoms with van der Waals surface area (Å²) in [5.41, 5.74) is -0.715. The molecule has 21 heavy (non-hydrogen) atoms. The molecule has 0 spiro atoms. The van der Waals surface area contributed by atoms with Crippen molar-refractivity contribution in [1.82, 2.24) is 10.2 Å². The van der Waals surface area contributed by atoms with Crippen molar-refractivity contribution < 1.29 is 9.59 Å². The van der Waals surface area contributed by atoms with Crippen LogP contribution in [0.4, 0.5) is 0 Å². The molecule has 0 aromatic heterocycles. The number of piperazine rings is 1. The zero-order valence-electron chi connectivity index (χ0n) is 14.2. The molecule has 0 saturated carbocycles. The highest BCUT2D eigenvalue weighted by Gasteiger charge is 2.50. The van der Waals surface area contributed by atoms with E-state index in [9.17, 15) is 9.59 Å². The lowest BCUT2D eigenvalue weighted by atomic mass is 9.84. The first-order valence-electron chi connectivity index (χ1n) is 8.07. The fourth-order valence-electron chi connectivity index (χ4n) is 3.06. The van der Waals surface area contributed by atoms with Crippen LogP contribution in [0.3, 0.4) is 0 Å². The van der Waals surface area contributed by atoms with Gasteiger partial charge in [0.25, 0.3) is 0 Å². The second-order valence-corrected chi connectivity index (χ2v) is 7.51. The Morgan fingerprint density at radius 2 is 1.76 bits per heavy atom. The van der Waals surface area contributed by atoms with E-state index in [1.165, 1.54) is 0 Å². The van der Waals surface area contributed by atoms with E-state index in [-0.39, 0.29) is 29.8 Å². The van der Waals surface area contributed by atoms with E-state index in [1.54, 1.807) is 0 Å². The number of hydrogen-bond acceptors (Lipinski definition) is 3. The number of nitrogens with one attached hydrogen (secondary N) is 1. The van der Waals surface area contributed by atoms with Crippen molar-refractivity contribution in [3.8, 4) is 0 Å². The van der Waals surface area contributed by atoms with E-state index in [2.05, 4.69) is 19.2 Å². The average molecular weight is 314 g/mol. The number of amides is 2. The van der Waals surface area contributed by atoms with Gasteiger partial charge >= 0.3 is 0 Å². The number of carbonyl (C=O) groups excluding carboxylic acids is 2. The fourth-order valence-corrected chi connectivity index (χ4v) is 3.80. The quantitative estimate of drug-likeness (QED) is 0.786. The SMILES string of the molecule is CCSCC(C)N1C(=O)C(CC)(CC)NC(=O)C1C(C)C. The molecule has 2 atom stereocenters. The van der Waals surface area contributed by atoms with Gasteiger partial charge in [0.1, 0.15) is 11.6 Å². The highest BCUT2D eigenvalue weighted by molar-refractivity contribution is 7.99. The van der Waals surface area contributed by atoms with Crippen LogP contribution in [-0.2, 0) is 9.59 Å². The molecule has 0 bridgehead atoms. The van der Waals surface area contributed by atoms with Gasteiger partial charge in [-0.3, -0.25) is 9.59 Å². The molecule has 1 heterocycles. The third-order valence-corrected chi connectivity index (χ3v) is 5.58. The Kier molecular flexibility index (Phi) is 6.57. The van der Waals surface area contributed by atoms with Crippen LogP contribution in [0.1, 0.15) is 54.4 Å². The van der Waals surface area contributed by atoms with E-state index in [1.807, 2.05) is 44.4 Å². The minimum Gasteiger partial charge on any atom is -0.340 e. The van der Waals surface area contributed by atoms with Crippen LogP contribution < -0.4 is 5.32 Å². The standard InChI is InChI=1S/C16H30N2O2S/c1-7-16(8-2)15(20)18(12(6)10-21-9-3)13(11(4)5)14(19)17-16/h11-13H,7-10H2,1-6H3,(H,17,19). The molecule has 5 heteroatoms. The lowest BCUT2D eigenvalue weighted by molar-refractivity contribution is -0.159. The summed E-state index contributed by atoms with van der Waals surface area (Å²) in [4.78, 5) is 27.5. The third kappa shape index (κ3) is 3.55. The van der Waals surface area contributed by atoms with Crippen LogP contribution in [0.15, 0.2) is 0 Å². The fraction of sp³-hybridized carbons (Fsp3) is 0.875. The monoisotopic (exact) mass is 314 g/mol. The lowest BCUT2D eigenvalue weighted by Crippen LogP contribution is -2.72. The molecule has 4 nitrogen and oxygen atoms in total. The summed E-state index contributed by atoms with van der Waals surface area (Å²) >= 11 is 1.82. The van der Waals surface area contributed by atoms with Crippen LogP contribution in [0.5, 0.6) is 0 Å². The number of carbonyl (C=O) groups is 2. The summed E-state index contributed by atoms with van der Waals surface area (Å²) in [7, 11) is 0. The first kappa shape index (κ1) is 18.3. The van der Waals surface area contributed by atoms with Crippen LogP contribution in [0.2, 0.25) is 0 Å². The number of nitrogens with zero attached hydrogens (tertiary/aromatic N) is 1. The van der Waals surface area contributed by atoms with Gasteiger partial charge in [-0.05, 0) is 31.4 Å². The van der Waals surface area contributed by atoms with E-state index in [4.69, 9.17) is 0 Å². The normalized spacial score (nSPS) is 23.4. The van der Waals surface area contributed by atoms with Crippen molar-refractivity contribution in [2.45, 2.75) is 72.0 Å². The first-order valence-corrected chi connectivity index (χ1v) is 9.22. The maximum Gasteiger partial charge on any atom is 0.249 e. The summed E-state index contributed by atoms with van der Waals surface area (Å²) in [6.07, 6.45) is 1.28. The van der Waals surface area contributed by atoms with Crippen LogP contribution in [-0.4, -0.2) is 45.8 Å². The van der Waals surface area contributed by atoms with E-state index >= 15 is 0 Å². The van der Waals surface area contributed by atoms with Gasteiger partial charge in [-0.15, -0.1) is 0 Å². The molecule has 2 unspecified atom stereocenters. The molecular weight excluding hydrogens is 284 g/mol. The molecule has 1 N–H and O–H groups in total. The molecule has 1 rings (SSSR count). The highest BCUT2D eigenvalue weighted by Crippen LogP contribution is 2.30. The Bertz CT molecular complexity index is 380. The Morgan fingerprint density at radius 3 is 2.19 bits per heavy atom. The third-order valence-electron chi connectivity index (χ3n) is 4.45. The predicted molar refractivity (Wildman–Crippen MR) is 89.4 cm³/mol. The summed E-state index contributed by atoms with van der Waals surface area (Å²) in [5, 5.41) is 3.01. The summed E-state index contributed by atoms with van der Waals surface area (Å²) in [6.45, 7) is 12.1. The lowest BCUT2D eigenvalue weighted by Gasteiger charge is -2.49. The number of thioether (sulfide) groups is 1. The number of hydrogen-bond donors (Lipinski definition) is 1. The van der Waals surface area contributed by atoms with E-state index in [0.717, 1.165) is 11.5 Å². The van der Waals surface area contributed by atoms with Crippen molar-refractivity contribution in [2.75, 3.05) is 11.5 Å². The molecule has 1 aliphatic heterocycles. The smallest absolute Gasteiger partial charge is 0.249 e. The Labute approximate surface area is 133 Å². The molecule has 0 aliphatic carbocycles. The number of rotatable bonds is 7. The Morgan fingerprint density at radius 1 is 1.19 bits per heavy atom. The van der Waals surface area contributed by atoms with Crippen molar-refractivity contribution in [3.05, 3.63) is 0 Å². The first-order chi connectivity index (χ1) is 9.84. The van der Waals surface area contributed by atoms with Gasteiger partial charge in [-0.25, -0.2) is 0 Å². The van der Waals surface area contributed by atoms with Crippen molar-refractivity contribution in [3.63, 3.8) is 0 Å². The highest BCUT2D eigenvalue weighted by atomic mass is 32.2. The minimum atomic E-state index is -0.715. The zero-order valence-corrected chi connectivity index (χ0v) is 15.0. The summed E-state index contributed by atoms with van der Waals surface area (Å²) in [5.74, 6) is 2.12. The molecule has 1 fully saturated rings. The van der Waals surface area contributed by atoms with E-state index < -0.39 is 5.54 Å². The molecular formula is C16H30N2O2S. The molecule has 1 saturated heterocycles. The van der Waals surface area contributed by atoms with Gasteiger partial charge in [0, 0.05) is 11.8 Å². The van der Waals surface area contributed by atoms with Gasteiger partial charge in [-0.2, -0.15) is 11.8 Å². The van der Waals surface area contributed by atoms with Crippen LogP contribution in [0, 0.1) is 5.92 Å². The van der Waals surface area contributed by atoms with E-state index in [0.29, 0.717) is 12.8 Å². The average Bonchev–Trinajstić information content (AvgIpc) is 2.45. The Balaban J connectivity index is 3.14. The van der Waals surface area contributed by atoms with Gasteiger partial charge in [0.05, 0.1) is 0 Å². The molecule has 2 amide bonds. The molecule has 0 radical (unpaired) electrons. The minimum absolute atomic E-state index is 0.00153. The van der Waals surface area contributed by atoms with Gasteiger partial charge in [-0.1, -0.05) is 34.6 Å². The second-order valence-electron chi connectivity index (χ2n) is 6.19.